The van der Waals surface area contributed by atoms with Crippen LogP contribution in [0.1, 0.15) is 38.5 Å². The van der Waals surface area contributed by atoms with Crippen molar-refractivity contribution in [1.82, 2.24) is 9.78 Å². The Bertz CT molecular complexity index is 339. The molecule has 0 aromatic carbocycles. The van der Waals surface area contributed by atoms with Gasteiger partial charge in [0.25, 0.3) is 6.43 Å². The van der Waals surface area contributed by atoms with Crippen molar-refractivity contribution in [2.24, 2.45) is 0 Å². The van der Waals surface area contributed by atoms with Crippen molar-refractivity contribution >= 4 is 22.6 Å². The lowest BCUT2D eigenvalue weighted by Gasteiger charge is -2.21. The second kappa shape index (κ2) is 3.75. The summed E-state index contributed by atoms with van der Waals surface area (Å²) in [5, 5.41) is 4.13. The molecule has 0 unspecified atom stereocenters. The van der Waals surface area contributed by atoms with Gasteiger partial charge in [-0.3, -0.25) is 4.68 Å². The highest BCUT2D eigenvalue weighted by molar-refractivity contribution is 14.1. The van der Waals surface area contributed by atoms with Crippen LogP contribution in [0.2, 0.25) is 0 Å². The van der Waals surface area contributed by atoms with Crippen molar-refractivity contribution in [3.63, 3.8) is 0 Å². The van der Waals surface area contributed by atoms with Crippen LogP contribution >= 0.6 is 22.6 Å². The summed E-state index contributed by atoms with van der Waals surface area (Å²) in [6.07, 6.45) is -2.45. The minimum atomic E-state index is -2.45. The first kappa shape index (κ1) is 11.9. The molecule has 80 valence electrons. The van der Waals surface area contributed by atoms with E-state index in [1.165, 1.54) is 0 Å². The van der Waals surface area contributed by atoms with Crippen molar-refractivity contribution in [3.05, 3.63) is 15.0 Å². The molecule has 0 saturated heterocycles. The van der Waals surface area contributed by atoms with Crippen LogP contribution < -0.4 is 0 Å². The van der Waals surface area contributed by atoms with Crippen LogP contribution in [-0.2, 0) is 5.54 Å². The Morgan fingerprint density at radius 1 is 1.36 bits per heavy atom. The smallest absolute Gasteiger partial charge is 0.263 e. The molecule has 2 nitrogen and oxygen atoms in total. The molecule has 0 fully saturated rings. The standard InChI is InChI=1S/C9H13F2IN2/c1-5-6(7(10)11)8(12)13-14(5)9(2,3)4/h7H,1-4H3. The number of rotatable bonds is 1. The molecular formula is C9H13F2IN2. The Morgan fingerprint density at radius 2 is 1.86 bits per heavy atom. The fourth-order valence-electron chi connectivity index (χ4n) is 1.38. The van der Waals surface area contributed by atoms with E-state index in [0.29, 0.717) is 9.39 Å². The van der Waals surface area contributed by atoms with Gasteiger partial charge in [0.1, 0.15) is 3.70 Å². The largest absolute Gasteiger partial charge is 0.268 e. The lowest BCUT2D eigenvalue weighted by Crippen LogP contribution is -2.24. The maximum atomic E-state index is 12.6. The maximum Gasteiger partial charge on any atom is 0.268 e. The van der Waals surface area contributed by atoms with Crippen LogP contribution in [0.25, 0.3) is 0 Å². The first-order valence-electron chi connectivity index (χ1n) is 4.28. The van der Waals surface area contributed by atoms with E-state index in [-0.39, 0.29) is 11.1 Å². The zero-order valence-electron chi connectivity index (χ0n) is 8.61. The molecule has 5 heteroatoms. The molecule has 1 rings (SSSR count). The van der Waals surface area contributed by atoms with E-state index in [0.717, 1.165) is 0 Å². The van der Waals surface area contributed by atoms with Crippen molar-refractivity contribution in [1.29, 1.82) is 0 Å². The quantitative estimate of drug-likeness (QED) is 0.726. The third-order valence-electron chi connectivity index (χ3n) is 1.97. The van der Waals surface area contributed by atoms with E-state index in [4.69, 9.17) is 0 Å². The number of aromatic nitrogens is 2. The number of alkyl halides is 2. The van der Waals surface area contributed by atoms with Gasteiger partial charge in [0.2, 0.25) is 0 Å². The molecule has 0 aliphatic heterocycles. The molecule has 0 bridgehead atoms. The molecule has 0 radical (unpaired) electrons. The summed E-state index contributed by atoms with van der Waals surface area (Å²) in [6.45, 7) is 7.51. The number of nitrogens with zero attached hydrogens (tertiary/aromatic N) is 2. The van der Waals surface area contributed by atoms with E-state index < -0.39 is 6.43 Å². The fraction of sp³-hybridized carbons (Fsp3) is 0.667. The van der Waals surface area contributed by atoms with Crippen LogP contribution in [0.15, 0.2) is 0 Å². The minimum Gasteiger partial charge on any atom is -0.263 e. The van der Waals surface area contributed by atoms with Crippen molar-refractivity contribution in [3.8, 4) is 0 Å². The first-order valence-corrected chi connectivity index (χ1v) is 5.36. The summed E-state index contributed by atoms with van der Waals surface area (Å²) < 4.78 is 27.3. The third kappa shape index (κ3) is 2.07. The third-order valence-corrected chi connectivity index (χ3v) is 2.77. The maximum absolute atomic E-state index is 12.6. The lowest BCUT2D eigenvalue weighted by molar-refractivity contribution is 0.149. The Morgan fingerprint density at radius 3 is 2.07 bits per heavy atom. The number of hydrogen-bond donors (Lipinski definition) is 0. The second-order valence-corrected chi connectivity index (χ2v) is 5.20. The van der Waals surface area contributed by atoms with Crippen LogP contribution in [0.4, 0.5) is 8.78 Å². The van der Waals surface area contributed by atoms with Gasteiger partial charge in [-0.2, -0.15) is 5.10 Å². The average Bonchev–Trinajstić information content (AvgIpc) is 2.24. The summed E-state index contributed by atoms with van der Waals surface area (Å²) >= 11 is 1.85. The highest BCUT2D eigenvalue weighted by Crippen LogP contribution is 2.30. The Balaban J connectivity index is 3.31. The second-order valence-electron chi connectivity index (χ2n) is 4.17. The zero-order chi connectivity index (χ0) is 11.1. The minimum absolute atomic E-state index is 0.0560. The number of halogens is 3. The highest BCUT2D eigenvalue weighted by Gasteiger charge is 2.25. The predicted molar refractivity (Wildman–Crippen MR) is 59.6 cm³/mol. The van der Waals surface area contributed by atoms with Gasteiger partial charge in [-0.05, 0) is 50.3 Å². The SMILES string of the molecule is Cc1c(C(F)F)c(I)nn1C(C)(C)C. The Labute approximate surface area is 95.8 Å². The molecule has 14 heavy (non-hydrogen) atoms. The van der Waals surface area contributed by atoms with Crippen molar-refractivity contribution in [2.75, 3.05) is 0 Å². The van der Waals surface area contributed by atoms with Crippen molar-refractivity contribution < 1.29 is 8.78 Å². The molecule has 1 aromatic rings. The molecule has 1 heterocycles. The monoisotopic (exact) mass is 314 g/mol. The van der Waals surface area contributed by atoms with E-state index in [1.807, 2.05) is 43.4 Å². The zero-order valence-corrected chi connectivity index (χ0v) is 10.8. The van der Waals surface area contributed by atoms with Gasteiger partial charge >= 0.3 is 0 Å². The fourth-order valence-corrected chi connectivity index (χ4v) is 2.22. The predicted octanol–water partition coefficient (Wildman–Crippen LogP) is 3.49. The lowest BCUT2D eigenvalue weighted by atomic mass is 10.1. The molecule has 0 saturated carbocycles. The highest BCUT2D eigenvalue weighted by atomic mass is 127. The Hall–Kier alpha value is -0.200. The van der Waals surface area contributed by atoms with Crippen LogP contribution in [0, 0.1) is 10.6 Å². The first-order chi connectivity index (χ1) is 6.25. The molecule has 0 spiro atoms. The van der Waals surface area contributed by atoms with Gasteiger partial charge in [-0.15, -0.1) is 0 Å². The molecule has 0 aliphatic carbocycles. The van der Waals surface area contributed by atoms with Gasteiger partial charge in [0.05, 0.1) is 11.1 Å². The van der Waals surface area contributed by atoms with Crippen LogP contribution in [-0.4, -0.2) is 9.78 Å². The summed E-state index contributed by atoms with van der Waals surface area (Å²) in [6, 6.07) is 0. The van der Waals surface area contributed by atoms with Crippen molar-refractivity contribution in [2.45, 2.75) is 39.7 Å². The average molecular weight is 314 g/mol. The van der Waals surface area contributed by atoms with E-state index in [1.54, 1.807) is 11.6 Å². The topological polar surface area (TPSA) is 17.8 Å². The molecule has 0 N–H and O–H groups in total. The normalized spacial score (nSPS) is 12.6. The van der Waals surface area contributed by atoms with Gasteiger partial charge < -0.3 is 0 Å². The van der Waals surface area contributed by atoms with Gasteiger partial charge in [0.15, 0.2) is 0 Å². The van der Waals surface area contributed by atoms with E-state index in [2.05, 4.69) is 5.10 Å². The molecule has 0 amide bonds. The molecule has 1 aromatic heterocycles. The van der Waals surface area contributed by atoms with Gasteiger partial charge in [-0.1, -0.05) is 0 Å². The molecule has 0 aliphatic rings. The summed E-state index contributed by atoms with van der Waals surface area (Å²) in [5.41, 5.74) is 0.356. The summed E-state index contributed by atoms with van der Waals surface area (Å²) in [5.74, 6) is 0. The van der Waals surface area contributed by atoms with Crippen LogP contribution in [0.3, 0.4) is 0 Å². The van der Waals surface area contributed by atoms with Crippen LogP contribution in [0.5, 0.6) is 0 Å². The van der Waals surface area contributed by atoms with Gasteiger partial charge in [-0.25, -0.2) is 8.78 Å². The van der Waals surface area contributed by atoms with E-state index in [9.17, 15) is 8.78 Å². The van der Waals surface area contributed by atoms with Gasteiger partial charge in [0, 0.05) is 5.69 Å². The molecular weight excluding hydrogens is 301 g/mol. The molecule has 0 atom stereocenters. The van der Waals surface area contributed by atoms with E-state index >= 15 is 0 Å². The summed E-state index contributed by atoms with van der Waals surface area (Å²) in [4.78, 5) is 0. The Kier molecular flexibility index (Phi) is 3.18. The number of hydrogen-bond acceptors (Lipinski definition) is 1. The summed E-state index contributed by atoms with van der Waals surface area (Å²) in [7, 11) is 0.